The Kier molecular flexibility index (Phi) is 3.02. The summed E-state index contributed by atoms with van der Waals surface area (Å²) in [4.78, 5) is 22.6. The van der Waals surface area contributed by atoms with Crippen molar-refractivity contribution in [3.63, 3.8) is 0 Å². The van der Waals surface area contributed by atoms with E-state index in [9.17, 15) is 18.0 Å². The van der Waals surface area contributed by atoms with Crippen LogP contribution in [0.3, 0.4) is 0 Å². The van der Waals surface area contributed by atoms with Crippen molar-refractivity contribution in [3.8, 4) is 0 Å². The normalized spacial score (nSPS) is 22.5. The first-order valence-corrected chi connectivity index (χ1v) is 7.14. The van der Waals surface area contributed by atoms with E-state index in [0.717, 1.165) is 15.6 Å². The number of carbonyl (C=O) groups excluding carboxylic acids is 2. The second-order valence-electron chi connectivity index (χ2n) is 3.57. The molecule has 1 aromatic heterocycles. The zero-order chi connectivity index (χ0) is 12.6. The van der Waals surface area contributed by atoms with Gasteiger partial charge in [0.2, 0.25) is 11.8 Å². The van der Waals surface area contributed by atoms with Crippen molar-refractivity contribution in [1.29, 1.82) is 0 Å². The van der Waals surface area contributed by atoms with Gasteiger partial charge in [0.15, 0.2) is 0 Å². The number of rotatable bonds is 2. The van der Waals surface area contributed by atoms with E-state index in [-0.39, 0.29) is 10.8 Å². The minimum absolute atomic E-state index is 0.131. The molecule has 1 unspecified atom stereocenters. The fraction of sp³-hybridized carbons (Fsp3) is 0.333. The van der Waals surface area contributed by atoms with Gasteiger partial charge in [-0.1, -0.05) is 6.07 Å². The highest BCUT2D eigenvalue weighted by Crippen LogP contribution is 2.23. The molecule has 1 aliphatic heterocycles. The molecule has 1 aliphatic rings. The van der Waals surface area contributed by atoms with E-state index in [0.29, 0.717) is 0 Å². The Hall–Kier alpha value is -1.25. The molecule has 1 saturated heterocycles. The topological polar surface area (TPSA) is 83.6 Å². The molecule has 0 radical (unpaired) electrons. The van der Waals surface area contributed by atoms with E-state index >= 15 is 0 Å². The molecule has 0 aromatic carbocycles. The van der Waals surface area contributed by atoms with E-state index < -0.39 is 27.9 Å². The maximum Gasteiger partial charge on any atom is 0.253 e. The third-order valence-corrected chi connectivity index (χ3v) is 5.72. The Morgan fingerprint density at radius 3 is 2.76 bits per heavy atom. The van der Waals surface area contributed by atoms with Crippen molar-refractivity contribution in [3.05, 3.63) is 17.5 Å². The molecular weight excluding hydrogens is 264 g/mol. The van der Waals surface area contributed by atoms with Gasteiger partial charge < -0.3 is 0 Å². The molecule has 92 valence electrons. The molecule has 0 spiro atoms. The van der Waals surface area contributed by atoms with Gasteiger partial charge in [-0.25, -0.2) is 8.42 Å². The third-order valence-electron chi connectivity index (χ3n) is 2.43. The predicted octanol–water partition coefficient (Wildman–Crippen LogP) is -0.216. The lowest BCUT2D eigenvalue weighted by Crippen LogP contribution is -2.58. The van der Waals surface area contributed by atoms with Gasteiger partial charge >= 0.3 is 0 Å². The maximum absolute atomic E-state index is 12.2. The summed E-state index contributed by atoms with van der Waals surface area (Å²) in [6.45, 7) is 1.13. The Bertz CT molecular complexity index is 550. The lowest BCUT2D eigenvalue weighted by atomic mass is 10.2. The third kappa shape index (κ3) is 2.11. The first kappa shape index (κ1) is 12.2. The first-order chi connectivity index (χ1) is 7.93. The molecule has 1 aromatic rings. The number of thiophene rings is 1. The largest absolute Gasteiger partial charge is 0.294 e. The lowest BCUT2D eigenvalue weighted by Gasteiger charge is -2.30. The number of carbonyl (C=O) groups is 2. The molecule has 1 atom stereocenters. The monoisotopic (exact) mass is 274 g/mol. The second kappa shape index (κ2) is 4.21. The van der Waals surface area contributed by atoms with Crippen LogP contribution < -0.4 is 5.32 Å². The number of nitrogens with one attached hydrogen (secondary N) is 1. The van der Waals surface area contributed by atoms with Crippen LogP contribution >= 0.6 is 11.3 Å². The van der Waals surface area contributed by atoms with Gasteiger partial charge in [-0.05, 0) is 18.4 Å². The number of nitrogens with zero attached hydrogens (tertiary/aromatic N) is 1. The molecule has 1 N–H and O–H groups in total. The number of hydrogen-bond acceptors (Lipinski definition) is 5. The van der Waals surface area contributed by atoms with E-state index in [4.69, 9.17) is 0 Å². The van der Waals surface area contributed by atoms with Crippen LogP contribution in [0.2, 0.25) is 0 Å². The van der Waals surface area contributed by atoms with Crippen molar-refractivity contribution in [2.45, 2.75) is 17.2 Å². The summed E-state index contributed by atoms with van der Waals surface area (Å²) in [5.74, 6) is -1.20. The van der Waals surface area contributed by atoms with Crippen molar-refractivity contribution in [1.82, 2.24) is 9.62 Å². The summed E-state index contributed by atoms with van der Waals surface area (Å²) in [5, 5.41) is 3.72. The molecule has 0 aliphatic carbocycles. The molecule has 1 fully saturated rings. The average molecular weight is 274 g/mol. The molecule has 6 nitrogen and oxygen atoms in total. The summed E-state index contributed by atoms with van der Waals surface area (Å²) < 4.78 is 25.4. The number of hydrogen-bond donors (Lipinski definition) is 1. The van der Waals surface area contributed by atoms with Gasteiger partial charge in [-0.15, -0.1) is 11.3 Å². The molecule has 0 bridgehead atoms. The van der Waals surface area contributed by atoms with Crippen molar-refractivity contribution in [2.75, 3.05) is 6.54 Å². The lowest BCUT2D eigenvalue weighted by molar-refractivity contribution is -0.136. The average Bonchev–Trinajstić information content (AvgIpc) is 2.76. The summed E-state index contributed by atoms with van der Waals surface area (Å²) in [6.07, 6.45) is 0. The van der Waals surface area contributed by atoms with Crippen molar-refractivity contribution < 1.29 is 18.0 Å². The molecular formula is C9H10N2O4S2. The van der Waals surface area contributed by atoms with Crippen LogP contribution in [0, 0.1) is 0 Å². The zero-order valence-electron chi connectivity index (χ0n) is 8.91. The highest BCUT2D eigenvalue weighted by atomic mass is 32.2. The molecule has 0 saturated carbocycles. The second-order valence-corrected chi connectivity index (χ2v) is 6.64. The molecule has 2 amide bonds. The van der Waals surface area contributed by atoms with Crippen molar-refractivity contribution >= 4 is 33.2 Å². The fourth-order valence-corrected chi connectivity index (χ4v) is 4.18. The molecule has 2 heterocycles. The molecule has 8 heteroatoms. The van der Waals surface area contributed by atoms with Crippen LogP contribution in [0.1, 0.15) is 6.92 Å². The SMILES string of the molecule is CC1C(=O)NC(=O)CN1S(=O)(=O)c1cccs1. The van der Waals surface area contributed by atoms with Crippen LogP contribution in [0.15, 0.2) is 21.7 Å². The van der Waals surface area contributed by atoms with Gasteiger partial charge in [0.05, 0.1) is 6.54 Å². The van der Waals surface area contributed by atoms with Crippen LogP contribution in [-0.4, -0.2) is 37.1 Å². The highest BCUT2D eigenvalue weighted by molar-refractivity contribution is 7.91. The van der Waals surface area contributed by atoms with Gasteiger partial charge in [-0.3, -0.25) is 14.9 Å². The zero-order valence-corrected chi connectivity index (χ0v) is 10.5. The minimum Gasteiger partial charge on any atom is -0.294 e. The molecule has 2 rings (SSSR count). The summed E-state index contributed by atoms with van der Waals surface area (Å²) in [7, 11) is -3.76. The van der Waals surface area contributed by atoms with E-state index in [1.807, 2.05) is 0 Å². The predicted molar refractivity (Wildman–Crippen MR) is 60.8 cm³/mol. The summed E-state index contributed by atoms with van der Waals surface area (Å²) in [5.41, 5.74) is 0. The summed E-state index contributed by atoms with van der Waals surface area (Å²) >= 11 is 1.06. The number of piperazine rings is 1. The van der Waals surface area contributed by atoms with Crippen LogP contribution in [0.25, 0.3) is 0 Å². The van der Waals surface area contributed by atoms with Gasteiger partial charge in [-0.2, -0.15) is 4.31 Å². The number of sulfonamides is 1. The smallest absolute Gasteiger partial charge is 0.253 e. The van der Waals surface area contributed by atoms with Crippen LogP contribution in [0.5, 0.6) is 0 Å². The van der Waals surface area contributed by atoms with E-state index in [2.05, 4.69) is 5.32 Å². The van der Waals surface area contributed by atoms with Crippen LogP contribution in [0.4, 0.5) is 0 Å². The Labute approximate surface area is 102 Å². The number of amides is 2. The highest BCUT2D eigenvalue weighted by Gasteiger charge is 2.39. The van der Waals surface area contributed by atoms with E-state index in [1.54, 1.807) is 11.4 Å². The maximum atomic E-state index is 12.2. The molecule has 17 heavy (non-hydrogen) atoms. The van der Waals surface area contributed by atoms with Crippen molar-refractivity contribution in [2.24, 2.45) is 0 Å². The standard InChI is InChI=1S/C9H10N2O4S2/c1-6-9(13)10-7(12)5-11(6)17(14,15)8-3-2-4-16-8/h2-4,6H,5H2,1H3,(H,10,12,13). The van der Waals surface area contributed by atoms with Crippen LogP contribution in [-0.2, 0) is 19.6 Å². The summed E-state index contributed by atoms with van der Waals surface area (Å²) in [6, 6.07) is 2.18. The number of imide groups is 1. The first-order valence-electron chi connectivity index (χ1n) is 4.82. The Morgan fingerprint density at radius 1 is 1.47 bits per heavy atom. The Morgan fingerprint density at radius 2 is 2.18 bits per heavy atom. The van der Waals surface area contributed by atoms with Gasteiger partial charge in [0, 0.05) is 0 Å². The van der Waals surface area contributed by atoms with Gasteiger partial charge in [0.25, 0.3) is 10.0 Å². The Balaban J connectivity index is 2.39. The fourth-order valence-electron chi connectivity index (χ4n) is 1.51. The van der Waals surface area contributed by atoms with E-state index in [1.165, 1.54) is 13.0 Å². The quantitative estimate of drug-likeness (QED) is 0.756. The minimum atomic E-state index is -3.76. The van der Waals surface area contributed by atoms with Gasteiger partial charge in [0.1, 0.15) is 10.3 Å².